The van der Waals surface area contributed by atoms with Crippen LogP contribution in [0.25, 0.3) is 6.08 Å². The normalized spacial score (nSPS) is 20.1. The molecule has 1 amide bonds. The van der Waals surface area contributed by atoms with E-state index >= 15 is 0 Å². The average Bonchev–Trinajstić information content (AvgIpc) is 3.34. The summed E-state index contributed by atoms with van der Waals surface area (Å²) in [5.41, 5.74) is 0.723. The van der Waals surface area contributed by atoms with Crippen molar-refractivity contribution >= 4 is 35.4 Å². The van der Waals surface area contributed by atoms with E-state index in [1.807, 2.05) is 4.90 Å². The zero-order chi connectivity index (χ0) is 17.8. The highest BCUT2D eigenvalue weighted by Gasteiger charge is 2.36. The van der Waals surface area contributed by atoms with Crippen molar-refractivity contribution in [3.05, 3.63) is 28.9 Å². The third-order valence-electron chi connectivity index (χ3n) is 4.33. The molecule has 0 unspecified atom stereocenters. The van der Waals surface area contributed by atoms with Crippen LogP contribution in [0.3, 0.4) is 0 Å². The second-order valence-electron chi connectivity index (χ2n) is 6.37. The lowest BCUT2D eigenvalue weighted by molar-refractivity contribution is -0.137. The van der Waals surface area contributed by atoms with E-state index in [0.717, 1.165) is 31.4 Å². The van der Waals surface area contributed by atoms with Gasteiger partial charge >= 0.3 is 5.97 Å². The molecule has 7 heteroatoms. The van der Waals surface area contributed by atoms with Gasteiger partial charge < -0.3 is 15.0 Å². The topological polar surface area (TPSA) is 71.5 Å². The molecule has 25 heavy (non-hydrogen) atoms. The maximum absolute atomic E-state index is 12.1. The van der Waals surface area contributed by atoms with Crippen LogP contribution < -0.4 is 5.32 Å². The van der Waals surface area contributed by atoms with Crippen LogP contribution in [0.15, 0.2) is 18.3 Å². The van der Waals surface area contributed by atoms with Crippen LogP contribution >= 0.6 is 11.6 Å². The quantitative estimate of drug-likeness (QED) is 0.621. The number of anilines is 1. The molecular weight excluding hydrogens is 342 g/mol. The van der Waals surface area contributed by atoms with Gasteiger partial charge in [0.2, 0.25) is 5.91 Å². The van der Waals surface area contributed by atoms with Crippen LogP contribution in [0.5, 0.6) is 0 Å². The first-order valence-corrected chi connectivity index (χ1v) is 9.00. The Morgan fingerprint density at radius 1 is 1.44 bits per heavy atom. The van der Waals surface area contributed by atoms with Crippen molar-refractivity contribution in [1.29, 1.82) is 0 Å². The molecule has 0 bridgehead atoms. The highest BCUT2D eigenvalue weighted by molar-refractivity contribution is 6.33. The number of carbonyl (C=O) groups excluding carboxylic acids is 2. The van der Waals surface area contributed by atoms with Crippen molar-refractivity contribution in [1.82, 2.24) is 9.88 Å². The van der Waals surface area contributed by atoms with Crippen molar-refractivity contribution in [2.24, 2.45) is 5.92 Å². The summed E-state index contributed by atoms with van der Waals surface area (Å²) < 4.78 is 4.83. The van der Waals surface area contributed by atoms with Gasteiger partial charge in [0.15, 0.2) is 0 Å². The maximum atomic E-state index is 12.1. The number of aromatic nitrogens is 1. The van der Waals surface area contributed by atoms with Crippen LogP contribution in [0.4, 0.5) is 5.82 Å². The summed E-state index contributed by atoms with van der Waals surface area (Å²) in [5.74, 6) is 0.738. The zero-order valence-corrected chi connectivity index (χ0v) is 15.0. The number of hydrogen-bond donors (Lipinski definition) is 1. The van der Waals surface area contributed by atoms with Gasteiger partial charge in [-0.1, -0.05) is 11.6 Å². The number of likely N-dealkylation sites (tertiary alicyclic amines) is 1. The molecule has 1 saturated carbocycles. The van der Waals surface area contributed by atoms with Gasteiger partial charge in [0.25, 0.3) is 0 Å². The first kappa shape index (κ1) is 17.7. The Hall–Kier alpha value is -2.08. The molecule has 0 radical (unpaired) electrons. The summed E-state index contributed by atoms with van der Waals surface area (Å²) in [5, 5.41) is 3.80. The predicted octanol–water partition coefficient (Wildman–Crippen LogP) is 2.73. The van der Waals surface area contributed by atoms with Gasteiger partial charge in [-0.25, -0.2) is 9.78 Å². The number of ether oxygens (including phenoxy) is 1. The lowest BCUT2D eigenvalue weighted by Crippen LogP contribution is -2.32. The summed E-state index contributed by atoms with van der Waals surface area (Å²) in [6.45, 7) is 3.57. The molecule has 1 aromatic heterocycles. The monoisotopic (exact) mass is 363 g/mol. The Bertz CT molecular complexity index is 688. The third kappa shape index (κ3) is 4.72. The minimum Gasteiger partial charge on any atom is -0.463 e. The fourth-order valence-corrected chi connectivity index (χ4v) is 3.09. The number of nitrogens with one attached hydrogen (secondary N) is 1. The van der Waals surface area contributed by atoms with Crippen LogP contribution in [0, 0.1) is 5.92 Å². The molecule has 0 aromatic carbocycles. The molecule has 134 valence electrons. The van der Waals surface area contributed by atoms with E-state index in [0.29, 0.717) is 24.0 Å². The SMILES string of the molecule is CCOC(=O)/C=C/c1cnc(N[C@@H]2CCN(C(=O)C3CC3)C2)c(Cl)c1. The third-order valence-corrected chi connectivity index (χ3v) is 4.62. The summed E-state index contributed by atoms with van der Waals surface area (Å²) in [6, 6.07) is 1.91. The standard InChI is InChI=1S/C18H22ClN3O3/c1-2-25-16(23)6-3-12-9-15(19)17(20-10-12)21-14-7-8-22(11-14)18(24)13-4-5-13/h3,6,9-10,13-14H,2,4-5,7-8,11H2,1H3,(H,20,21)/b6-3+/t14-/m1/s1. The van der Waals surface area contributed by atoms with Crippen molar-refractivity contribution < 1.29 is 14.3 Å². The number of nitrogens with zero attached hydrogens (tertiary/aromatic N) is 2. The van der Waals surface area contributed by atoms with E-state index in [-0.39, 0.29) is 17.9 Å². The fraction of sp³-hybridized carbons (Fsp3) is 0.500. The minimum absolute atomic E-state index is 0.161. The number of esters is 1. The highest BCUT2D eigenvalue weighted by Crippen LogP contribution is 2.32. The zero-order valence-electron chi connectivity index (χ0n) is 14.2. The number of amides is 1. The summed E-state index contributed by atoms with van der Waals surface area (Å²) >= 11 is 6.29. The van der Waals surface area contributed by atoms with Crippen LogP contribution in [0.1, 0.15) is 31.7 Å². The smallest absolute Gasteiger partial charge is 0.330 e. The van der Waals surface area contributed by atoms with E-state index in [2.05, 4.69) is 10.3 Å². The largest absolute Gasteiger partial charge is 0.463 e. The second kappa shape index (κ2) is 7.87. The number of rotatable bonds is 6. The van der Waals surface area contributed by atoms with Crippen molar-refractivity contribution in [2.75, 3.05) is 25.0 Å². The Morgan fingerprint density at radius 3 is 2.92 bits per heavy atom. The van der Waals surface area contributed by atoms with E-state index in [9.17, 15) is 9.59 Å². The molecule has 1 aromatic rings. The van der Waals surface area contributed by atoms with Crippen molar-refractivity contribution in [3.63, 3.8) is 0 Å². The number of carbonyl (C=O) groups is 2. The van der Waals surface area contributed by atoms with Crippen LogP contribution in [-0.4, -0.2) is 47.5 Å². The van der Waals surface area contributed by atoms with Crippen molar-refractivity contribution in [2.45, 2.75) is 32.2 Å². The Kier molecular flexibility index (Phi) is 5.58. The molecule has 1 saturated heterocycles. The van der Waals surface area contributed by atoms with Gasteiger partial charge in [-0.05, 0) is 43.9 Å². The molecule has 2 aliphatic rings. The lowest BCUT2D eigenvalue weighted by atomic mass is 10.2. The van der Waals surface area contributed by atoms with Crippen LogP contribution in [0.2, 0.25) is 5.02 Å². The van der Waals surface area contributed by atoms with Crippen LogP contribution in [-0.2, 0) is 14.3 Å². The molecule has 0 spiro atoms. The number of pyridine rings is 1. The highest BCUT2D eigenvalue weighted by atomic mass is 35.5. The average molecular weight is 364 g/mol. The summed E-state index contributed by atoms with van der Waals surface area (Å²) in [7, 11) is 0. The Balaban J connectivity index is 1.56. The molecule has 2 fully saturated rings. The van der Waals surface area contributed by atoms with Crippen molar-refractivity contribution in [3.8, 4) is 0 Å². The Morgan fingerprint density at radius 2 is 2.24 bits per heavy atom. The first-order chi connectivity index (χ1) is 12.1. The maximum Gasteiger partial charge on any atom is 0.330 e. The van der Waals surface area contributed by atoms with E-state index in [4.69, 9.17) is 16.3 Å². The second-order valence-corrected chi connectivity index (χ2v) is 6.78. The van der Waals surface area contributed by atoms with E-state index in [1.54, 1.807) is 25.3 Å². The molecule has 2 heterocycles. The van der Waals surface area contributed by atoms with Gasteiger partial charge in [0, 0.05) is 37.3 Å². The molecule has 1 aliphatic carbocycles. The van der Waals surface area contributed by atoms with Gasteiger partial charge in [-0.3, -0.25) is 4.79 Å². The summed E-state index contributed by atoms with van der Waals surface area (Å²) in [6.07, 6.45) is 7.56. The van der Waals surface area contributed by atoms with Gasteiger partial charge in [-0.2, -0.15) is 0 Å². The fourth-order valence-electron chi connectivity index (χ4n) is 2.86. The number of hydrogen-bond acceptors (Lipinski definition) is 5. The van der Waals surface area contributed by atoms with Gasteiger partial charge in [0.1, 0.15) is 5.82 Å². The van der Waals surface area contributed by atoms with Gasteiger partial charge in [0.05, 0.1) is 11.6 Å². The molecule has 1 aliphatic heterocycles. The van der Waals surface area contributed by atoms with E-state index in [1.165, 1.54) is 6.08 Å². The molecular formula is C18H22ClN3O3. The molecule has 6 nitrogen and oxygen atoms in total. The predicted molar refractivity (Wildman–Crippen MR) is 96.2 cm³/mol. The molecule has 3 rings (SSSR count). The first-order valence-electron chi connectivity index (χ1n) is 8.62. The lowest BCUT2D eigenvalue weighted by Gasteiger charge is -2.17. The molecule has 1 N–H and O–H groups in total. The van der Waals surface area contributed by atoms with E-state index < -0.39 is 5.97 Å². The van der Waals surface area contributed by atoms with Gasteiger partial charge in [-0.15, -0.1) is 0 Å². The minimum atomic E-state index is -0.396. The Labute approximate surface area is 152 Å². The molecule has 1 atom stereocenters. The summed E-state index contributed by atoms with van der Waals surface area (Å²) in [4.78, 5) is 29.7. The number of halogens is 1.